The molecule has 36 heavy (non-hydrogen) atoms. The highest BCUT2D eigenvalue weighted by atomic mass is 35.5. The number of aryl methyl sites for hydroxylation is 1. The van der Waals surface area contributed by atoms with Gasteiger partial charge in [-0.25, -0.2) is 8.42 Å². The van der Waals surface area contributed by atoms with E-state index < -0.39 is 33.9 Å². The molecule has 0 radical (unpaired) electrons. The summed E-state index contributed by atoms with van der Waals surface area (Å²) in [6.45, 7) is 2.02. The van der Waals surface area contributed by atoms with Crippen LogP contribution in [0.2, 0.25) is 10.0 Å². The zero-order valence-electron chi connectivity index (χ0n) is 19.6. The van der Waals surface area contributed by atoms with E-state index in [9.17, 15) is 23.1 Å². The number of hydrogen-bond acceptors (Lipinski definition) is 4. The van der Waals surface area contributed by atoms with Gasteiger partial charge in [0.1, 0.15) is 6.04 Å². The molecule has 0 aliphatic carbocycles. The quantitative estimate of drug-likeness (QED) is 0.381. The maximum atomic E-state index is 13.7. The maximum Gasteiger partial charge on any atom is 0.306 e. The Morgan fingerprint density at radius 2 is 1.92 bits per heavy atom. The highest BCUT2D eigenvalue weighted by Crippen LogP contribution is 2.30. The highest BCUT2D eigenvalue weighted by Gasteiger charge is 2.37. The zero-order chi connectivity index (χ0) is 26.0. The lowest BCUT2D eigenvalue weighted by Gasteiger charge is -2.38. The Morgan fingerprint density at radius 1 is 1.17 bits per heavy atom. The number of halogens is 2. The summed E-state index contributed by atoms with van der Waals surface area (Å²) >= 11 is 12.6. The van der Waals surface area contributed by atoms with Crippen molar-refractivity contribution < 1.29 is 23.1 Å². The van der Waals surface area contributed by atoms with Gasteiger partial charge in [0.2, 0.25) is 15.9 Å². The van der Waals surface area contributed by atoms with Crippen molar-refractivity contribution in [3.05, 3.63) is 64.3 Å². The number of aliphatic carboxylic acids is 1. The molecule has 1 aliphatic heterocycles. The average molecular weight is 552 g/mol. The fourth-order valence-corrected chi connectivity index (χ4v) is 6.75. The lowest BCUT2D eigenvalue weighted by atomic mass is 9.91. The van der Waals surface area contributed by atoms with Crippen LogP contribution in [0.25, 0.3) is 10.9 Å². The van der Waals surface area contributed by atoms with E-state index in [2.05, 4.69) is 9.71 Å². The number of likely N-dealkylation sites (tertiary alicyclic amines) is 1. The summed E-state index contributed by atoms with van der Waals surface area (Å²) in [5.74, 6) is -1.81. The second-order valence-electron chi connectivity index (χ2n) is 9.06. The molecule has 2 heterocycles. The first-order chi connectivity index (χ1) is 17.1. The van der Waals surface area contributed by atoms with Crippen LogP contribution in [0, 0.1) is 5.92 Å². The molecule has 2 aromatic carbocycles. The van der Waals surface area contributed by atoms with Crippen LogP contribution in [0.5, 0.6) is 0 Å². The number of carbonyl (C=O) groups excluding carboxylic acids is 1. The monoisotopic (exact) mass is 551 g/mol. The van der Waals surface area contributed by atoms with Crippen molar-refractivity contribution >= 4 is 56.0 Å². The van der Waals surface area contributed by atoms with Crippen LogP contribution in [0.3, 0.4) is 0 Å². The van der Waals surface area contributed by atoms with Gasteiger partial charge < -0.3 is 15.0 Å². The minimum Gasteiger partial charge on any atom is -0.481 e. The van der Waals surface area contributed by atoms with Crippen LogP contribution in [0.15, 0.2) is 53.6 Å². The average Bonchev–Trinajstić information content (AvgIpc) is 3.23. The Bertz CT molecular complexity index is 1390. The van der Waals surface area contributed by atoms with Crippen molar-refractivity contribution in [2.45, 2.75) is 49.6 Å². The number of nitrogens with one attached hydrogen (secondary N) is 2. The second-order valence-corrected chi connectivity index (χ2v) is 11.6. The topological polar surface area (TPSA) is 120 Å². The summed E-state index contributed by atoms with van der Waals surface area (Å²) in [7, 11) is -4.15. The standard InChI is InChI=1S/C25H27Cl2N3O5S/c1-15-13-17(25(32)33)11-12-30(15)24(31)21(10-9-16-5-2-3-6-18(16)26)29-36(34,35)22-8-4-7-20-23(22)19(27)14-28-20/h2-8,14-15,17,21,28-29H,9-13H2,1H3,(H,32,33). The van der Waals surface area contributed by atoms with Gasteiger partial charge in [0.25, 0.3) is 0 Å². The molecule has 0 bridgehead atoms. The van der Waals surface area contributed by atoms with Crippen LogP contribution in [-0.4, -0.2) is 53.9 Å². The molecule has 1 aromatic heterocycles. The van der Waals surface area contributed by atoms with Crippen molar-refractivity contribution in [2.24, 2.45) is 5.92 Å². The van der Waals surface area contributed by atoms with E-state index in [1.165, 1.54) is 12.3 Å². The van der Waals surface area contributed by atoms with Crippen molar-refractivity contribution in [3.63, 3.8) is 0 Å². The summed E-state index contributed by atoms with van der Waals surface area (Å²) in [6.07, 6.45) is 2.68. The third kappa shape index (κ3) is 5.54. The van der Waals surface area contributed by atoms with Crippen LogP contribution in [0.1, 0.15) is 31.7 Å². The zero-order valence-corrected chi connectivity index (χ0v) is 21.9. The molecule has 11 heteroatoms. The molecule has 192 valence electrons. The number of aromatic amines is 1. The lowest BCUT2D eigenvalue weighted by Crippen LogP contribution is -2.54. The van der Waals surface area contributed by atoms with Crippen molar-refractivity contribution in [1.29, 1.82) is 0 Å². The summed E-state index contributed by atoms with van der Waals surface area (Å²) in [5, 5.41) is 10.5. The number of fused-ring (bicyclic) bond motifs is 1. The van der Waals surface area contributed by atoms with Crippen molar-refractivity contribution in [1.82, 2.24) is 14.6 Å². The summed E-state index contributed by atoms with van der Waals surface area (Å²) in [4.78, 5) is 29.6. The molecule has 1 fully saturated rings. The van der Waals surface area contributed by atoms with Gasteiger partial charge >= 0.3 is 5.97 Å². The molecular formula is C25H27Cl2N3O5S. The smallest absolute Gasteiger partial charge is 0.306 e. The Morgan fingerprint density at radius 3 is 2.61 bits per heavy atom. The molecule has 1 aliphatic rings. The maximum absolute atomic E-state index is 13.7. The second kappa shape index (κ2) is 10.8. The highest BCUT2D eigenvalue weighted by molar-refractivity contribution is 7.89. The molecule has 8 nitrogen and oxygen atoms in total. The molecule has 3 atom stereocenters. The van der Waals surface area contributed by atoms with E-state index >= 15 is 0 Å². The van der Waals surface area contributed by atoms with Crippen LogP contribution < -0.4 is 4.72 Å². The minimum absolute atomic E-state index is 0.0283. The van der Waals surface area contributed by atoms with Gasteiger partial charge in [-0.2, -0.15) is 4.72 Å². The van der Waals surface area contributed by atoms with Gasteiger partial charge in [-0.1, -0.05) is 47.5 Å². The van der Waals surface area contributed by atoms with Crippen LogP contribution in [-0.2, 0) is 26.0 Å². The number of carboxylic acids is 1. The number of H-pyrrole nitrogens is 1. The molecule has 3 aromatic rings. The number of amides is 1. The first-order valence-corrected chi connectivity index (χ1v) is 13.9. The first kappa shape index (κ1) is 26.5. The molecule has 3 unspecified atom stereocenters. The third-order valence-corrected chi connectivity index (χ3v) is 8.85. The molecule has 1 saturated heterocycles. The van der Waals surface area contributed by atoms with Gasteiger partial charge in [-0.3, -0.25) is 9.59 Å². The van der Waals surface area contributed by atoms with E-state index in [1.54, 1.807) is 36.1 Å². The number of hydrogen-bond donors (Lipinski definition) is 3. The van der Waals surface area contributed by atoms with E-state index in [0.717, 1.165) is 5.56 Å². The normalized spacial score (nSPS) is 19.4. The molecule has 0 spiro atoms. The molecule has 0 saturated carbocycles. The number of aromatic nitrogens is 1. The predicted molar refractivity (Wildman–Crippen MR) is 139 cm³/mol. The Balaban J connectivity index is 1.63. The van der Waals surface area contributed by atoms with E-state index in [0.29, 0.717) is 35.2 Å². The van der Waals surface area contributed by atoms with E-state index in [4.69, 9.17) is 23.2 Å². The molecule has 3 N–H and O–H groups in total. The largest absolute Gasteiger partial charge is 0.481 e. The summed E-state index contributed by atoms with van der Waals surface area (Å²) in [6, 6.07) is 10.5. The van der Waals surface area contributed by atoms with Crippen LogP contribution >= 0.6 is 23.2 Å². The molecular weight excluding hydrogens is 525 g/mol. The predicted octanol–water partition coefficient (Wildman–Crippen LogP) is 4.47. The number of rotatable bonds is 8. The van der Waals surface area contributed by atoms with Gasteiger partial charge in [-0.05, 0) is 56.4 Å². The first-order valence-electron chi connectivity index (χ1n) is 11.6. The van der Waals surface area contributed by atoms with Crippen molar-refractivity contribution in [3.8, 4) is 0 Å². The number of carboxylic acid groups (broad SMARTS) is 1. The fraction of sp³-hybridized carbons (Fsp3) is 0.360. The van der Waals surface area contributed by atoms with Crippen molar-refractivity contribution in [2.75, 3.05) is 6.54 Å². The van der Waals surface area contributed by atoms with E-state index in [-0.39, 0.29) is 28.9 Å². The number of nitrogens with zero attached hydrogens (tertiary/aromatic N) is 1. The van der Waals surface area contributed by atoms with E-state index in [1.807, 2.05) is 12.1 Å². The van der Waals surface area contributed by atoms with Gasteiger partial charge in [0.05, 0.1) is 15.8 Å². The van der Waals surface area contributed by atoms with Gasteiger partial charge in [-0.15, -0.1) is 0 Å². The van der Waals surface area contributed by atoms with Gasteiger partial charge in [0.15, 0.2) is 0 Å². The lowest BCUT2D eigenvalue weighted by molar-refractivity contribution is -0.148. The molecule has 1 amide bonds. The summed E-state index contributed by atoms with van der Waals surface area (Å²) in [5.41, 5.74) is 1.36. The Labute approximate surface area is 219 Å². The summed E-state index contributed by atoms with van der Waals surface area (Å²) < 4.78 is 29.7. The number of piperidine rings is 1. The Hall–Kier alpha value is -2.59. The minimum atomic E-state index is -4.15. The fourth-order valence-electron chi connectivity index (χ4n) is 4.74. The SMILES string of the molecule is CC1CC(C(=O)O)CCN1C(=O)C(CCc1ccccc1Cl)NS(=O)(=O)c1cccc2[nH]cc(Cl)c12. The third-order valence-electron chi connectivity index (χ3n) is 6.67. The number of carbonyl (C=O) groups is 2. The van der Waals surface area contributed by atoms with Crippen LogP contribution in [0.4, 0.5) is 0 Å². The molecule has 4 rings (SSSR count). The number of benzene rings is 2. The van der Waals surface area contributed by atoms with Gasteiger partial charge in [0, 0.05) is 34.7 Å². The Kier molecular flexibility index (Phi) is 7.94. The number of sulfonamides is 1.